The summed E-state index contributed by atoms with van der Waals surface area (Å²) < 4.78 is 1.17. The van der Waals surface area contributed by atoms with Crippen LogP contribution in [0.25, 0.3) is 0 Å². The minimum Gasteiger partial charge on any atom is -0.324 e. The largest absolute Gasteiger partial charge is 0.328 e. The van der Waals surface area contributed by atoms with Gasteiger partial charge >= 0.3 is 5.69 Å². The number of hydrogen-bond acceptors (Lipinski definition) is 4. The van der Waals surface area contributed by atoms with E-state index in [4.69, 9.17) is 0 Å². The molecule has 1 aromatic heterocycles. The summed E-state index contributed by atoms with van der Waals surface area (Å²) in [4.78, 5) is 38.3. The van der Waals surface area contributed by atoms with Crippen LogP contribution in [0.5, 0.6) is 0 Å². The Kier molecular flexibility index (Phi) is 5.98. The lowest BCUT2D eigenvalue weighted by molar-refractivity contribution is -0.116. The van der Waals surface area contributed by atoms with Crippen molar-refractivity contribution in [2.75, 3.05) is 5.32 Å². The number of carbonyl (C=O) groups is 1. The number of benzene rings is 1. The Hall–Kier alpha value is -2.28. The second-order valence-electron chi connectivity index (χ2n) is 6.64. The number of nitrogens with zero attached hydrogens (tertiary/aromatic N) is 1. The van der Waals surface area contributed by atoms with Gasteiger partial charge in [0.2, 0.25) is 5.91 Å². The van der Waals surface area contributed by atoms with E-state index in [0.717, 1.165) is 11.3 Å². The molecule has 1 heterocycles. The summed E-state index contributed by atoms with van der Waals surface area (Å²) in [7, 11) is 0. The molecule has 0 saturated heterocycles. The first-order valence-electron chi connectivity index (χ1n) is 8.88. The van der Waals surface area contributed by atoms with Gasteiger partial charge in [0.05, 0.1) is 0 Å². The fourth-order valence-electron chi connectivity index (χ4n) is 3.14. The maximum absolute atomic E-state index is 12.2. The second-order valence-corrected chi connectivity index (χ2v) is 8.01. The molecule has 1 aromatic carbocycles. The third kappa shape index (κ3) is 4.88. The molecule has 3 rings (SSSR count). The van der Waals surface area contributed by atoms with Crippen LogP contribution in [0.1, 0.15) is 37.7 Å². The highest BCUT2D eigenvalue weighted by Gasteiger charge is 2.15. The highest BCUT2D eigenvalue weighted by molar-refractivity contribution is 8.00. The first-order chi connectivity index (χ1) is 12.5. The van der Waals surface area contributed by atoms with E-state index in [2.05, 4.69) is 16.4 Å². The molecule has 1 aliphatic carbocycles. The van der Waals surface area contributed by atoms with E-state index in [1.54, 1.807) is 0 Å². The fraction of sp³-hybridized carbons (Fsp3) is 0.421. The zero-order chi connectivity index (χ0) is 18.5. The third-order valence-corrected chi connectivity index (χ3v) is 5.87. The predicted molar refractivity (Wildman–Crippen MR) is 104 cm³/mol. The van der Waals surface area contributed by atoms with Crippen molar-refractivity contribution in [1.29, 1.82) is 0 Å². The highest BCUT2D eigenvalue weighted by Crippen LogP contribution is 2.34. The topological polar surface area (TPSA) is 84.0 Å². The van der Waals surface area contributed by atoms with Gasteiger partial charge in [-0.15, -0.1) is 11.8 Å². The minimum absolute atomic E-state index is 0.145. The van der Waals surface area contributed by atoms with Crippen molar-refractivity contribution in [3.8, 4) is 0 Å². The number of aromatic nitrogens is 2. The number of hydrogen-bond donors (Lipinski definition) is 2. The van der Waals surface area contributed by atoms with E-state index < -0.39 is 11.2 Å². The standard InChI is InChI=1S/C19H23N3O3S/c1-13-11-15(26-14-5-3-2-4-6-14)7-8-16(13)20-18(24)12-22-10-9-17(23)21-19(22)25/h7-11,14H,2-6,12H2,1H3,(H,20,24)(H,21,23,25). The lowest BCUT2D eigenvalue weighted by Gasteiger charge is -2.21. The monoisotopic (exact) mass is 373 g/mol. The van der Waals surface area contributed by atoms with Crippen molar-refractivity contribution in [3.63, 3.8) is 0 Å². The van der Waals surface area contributed by atoms with Gasteiger partial charge < -0.3 is 5.32 Å². The molecule has 138 valence electrons. The van der Waals surface area contributed by atoms with E-state index in [1.807, 2.05) is 30.8 Å². The Morgan fingerprint density at radius 1 is 1.23 bits per heavy atom. The van der Waals surface area contributed by atoms with E-state index in [-0.39, 0.29) is 12.5 Å². The van der Waals surface area contributed by atoms with Gasteiger partial charge in [-0.3, -0.25) is 19.1 Å². The van der Waals surface area contributed by atoms with E-state index in [0.29, 0.717) is 5.25 Å². The van der Waals surface area contributed by atoms with Gasteiger partial charge in [-0.2, -0.15) is 0 Å². The normalized spacial score (nSPS) is 15.0. The molecule has 0 atom stereocenters. The van der Waals surface area contributed by atoms with Crippen LogP contribution < -0.4 is 16.6 Å². The summed E-state index contributed by atoms with van der Waals surface area (Å²) in [5.74, 6) is -0.310. The average Bonchev–Trinajstić information content (AvgIpc) is 2.61. The molecule has 0 bridgehead atoms. The molecule has 2 N–H and O–H groups in total. The Balaban J connectivity index is 1.62. The molecule has 6 nitrogen and oxygen atoms in total. The molecule has 0 spiro atoms. The number of amides is 1. The fourth-order valence-corrected chi connectivity index (χ4v) is 4.48. The van der Waals surface area contributed by atoms with Crippen LogP contribution >= 0.6 is 11.8 Å². The van der Waals surface area contributed by atoms with Crippen LogP contribution in [0.15, 0.2) is 44.9 Å². The molecule has 1 amide bonds. The van der Waals surface area contributed by atoms with Gasteiger partial charge in [-0.25, -0.2) is 4.79 Å². The zero-order valence-corrected chi connectivity index (χ0v) is 15.6. The number of aryl methyl sites for hydroxylation is 1. The number of H-pyrrole nitrogens is 1. The predicted octanol–water partition coefficient (Wildman–Crippen LogP) is 2.91. The smallest absolute Gasteiger partial charge is 0.324 e. The van der Waals surface area contributed by atoms with Crippen molar-refractivity contribution in [1.82, 2.24) is 9.55 Å². The number of aromatic amines is 1. The quantitative estimate of drug-likeness (QED) is 0.844. The third-order valence-electron chi connectivity index (χ3n) is 4.54. The van der Waals surface area contributed by atoms with Crippen molar-refractivity contribution < 1.29 is 4.79 Å². The molecule has 0 aliphatic heterocycles. The molecular formula is C19H23N3O3S. The maximum atomic E-state index is 12.2. The van der Waals surface area contributed by atoms with Crippen LogP contribution in [-0.4, -0.2) is 20.7 Å². The second kappa shape index (κ2) is 8.40. The summed E-state index contributed by atoms with van der Waals surface area (Å²) in [5.41, 5.74) is 0.658. The number of nitrogens with one attached hydrogen (secondary N) is 2. The Morgan fingerprint density at radius 3 is 2.69 bits per heavy atom. The molecular weight excluding hydrogens is 350 g/mol. The average molecular weight is 373 g/mol. The minimum atomic E-state index is -0.594. The molecule has 0 radical (unpaired) electrons. The van der Waals surface area contributed by atoms with Gasteiger partial charge in [0.1, 0.15) is 6.54 Å². The summed E-state index contributed by atoms with van der Waals surface area (Å²) in [6.07, 6.45) is 7.84. The molecule has 0 unspecified atom stereocenters. The van der Waals surface area contributed by atoms with Gasteiger partial charge in [0.25, 0.3) is 5.56 Å². The van der Waals surface area contributed by atoms with Crippen LogP contribution in [-0.2, 0) is 11.3 Å². The highest BCUT2D eigenvalue weighted by atomic mass is 32.2. The van der Waals surface area contributed by atoms with Crippen LogP contribution in [0.4, 0.5) is 5.69 Å². The van der Waals surface area contributed by atoms with Crippen molar-refractivity contribution in [3.05, 3.63) is 56.9 Å². The Morgan fingerprint density at radius 2 is 2.00 bits per heavy atom. The van der Waals surface area contributed by atoms with Crippen molar-refractivity contribution in [2.45, 2.75) is 55.7 Å². The zero-order valence-electron chi connectivity index (χ0n) is 14.8. The van der Waals surface area contributed by atoms with Crippen molar-refractivity contribution >= 4 is 23.4 Å². The molecule has 2 aromatic rings. The SMILES string of the molecule is Cc1cc(SC2CCCCC2)ccc1NC(=O)Cn1ccc(=O)[nH]c1=O. The first kappa shape index (κ1) is 18.5. The van der Waals surface area contributed by atoms with Crippen LogP contribution in [0.2, 0.25) is 0 Å². The summed E-state index contributed by atoms with van der Waals surface area (Å²) in [6.45, 7) is 1.82. The van der Waals surface area contributed by atoms with Crippen LogP contribution in [0, 0.1) is 6.92 Å². The lowest BCUT2D eigenvalue weighted by Crippen LogP contribution is -2.32. The first-order valence-corrected chi connectivity index (χ1v) is 9.76. The van der Waals surface area contributed by atoms with Gasteiger partial charge in [0.15, 0.2) is 0 Å². The Bertz CT molecular complexity index is 897. The Labute approximate surface area is 156 Å². The van der Waals surface area contributed by atoms with E-state index in [9.17, 15) is 14.4 Å². The molecule has 1 fully saturated rings. The molecule has 1 saturated carbocycles. The number of anilines is 1. The van der Waals surface area contributed by atoms with Crippen LogP contribution in [0.3, 0.4) is 0 Å². The maximum Gasteiger partial charge on any atom is 0.328 e. The van der Waals surface area contributed by atoms with Gasteiger partial charge in [-0.05, 0) is 43.5 Å². The number of rotatable bonds is 5. The van der Waals surface area contributed by atoms with Gasteiger partial charge in [0, 0.05) is 28.1 Å². The van der Waals surface area contributed by atoms with E-state index in [1.165, 1.54) is 53.8 Å². The summed E-state index contributed by atoms with van der Waals surface area (Å²) in [6, 6.07) is 7.26. The molecule has 1 aliphatic rings. The number of carbonyl (C=O) groups excluding carboxylic acids is 1. The molecule has 7 heteroatoms. The number of thioether (sulfide) groups is 1. The van der Waals surface area contributed by atoms with Gasteiger partial charge in [-0.1, -0.05) is 19.3 Å². The van der Waals surface area contributed by atoms with E-state index >= 15 is 0 Å². The lowest BCUT2D eigenvalue weighted by atomic mass is 10.0. The summed E-state index contributed by atoms with van der Waals surface area (Å²) in [5, 5.41) is 3.52. The van der Waals surface area contributed by atoms with Crippen molar-refractivity contribution in [2.24, 2.45) is 0 Å². The summed E-state index contributed by atoms with van der Waals surface area (Å²) >= 11 is 1.92. The molecule has 26 heavy (non-hydrogen) atoms.